The number of nitriles is 1. The first-order valence-electron chi connectivity index (χ1n) is 9.76. The summed E-state index contributed by atoms with van der Waals surface area (Å²) in [6.07, 6.45) is 17.5. The Hall–Kier alpha value is -3.05. The van der Waals surface area contributed by atoms with Crippen LogP contribution in [0, 0.1) is 11.3 Å². The Kier molecular flexibility index (Phi) is 5.21. The molecule has 2 aromatic rings. The van der Waals surface area contributed by atoms with Gasteiger partial charge in [0.15, 0.2) is 0 Å². The Morgan fingerprint density at radius 1 is 0.778 bits per heavy atom. The minimum absolute atomic E-state index is 0.692. The van der Waals surface area contributed by atoms with Crippen molar-refractivity contribution in [1.29, 1.82) is 5.26 Å². The van der Waals surface area contributed by atoms with E-state index < -0.39 is 0 Å². The highest BCUT2D eigenvalue weighted by Gasteiger charge is 2.23. The quantitative estimate of drug-likeness (QED) is 0.676. The van der Waals surface area contributed by atoms with Crippen molar-refractivity contribution in [3.8, 4) is 6.07 Å². The minimum Gasteiger partial charge on any atom is -0.371 e. The fraction of sp³-hybridized carbons (Fsp3) is 0.240. The number of benzene rings is 2. The largest absolute Gasteiger partial charge is 0.371 e. The maximum absolute atomic E-state index is 8.82. The first-order valence-corrected chi connectivity index (χ1v) is 9.76. The van der Waals surface area contributed by atoms with Crippen LogP contribution in [0.3, 0.4) is 0 Å². The average molecular weight is 352 g/mol. The summed E-state index contributed by atoms with van der Waals surface area (Å²) >= 11 is 0. The molecular formula is C25H24N2. The van der Waals surface area contributed by atoms with Crippen LogP contribution >= 0.6 is 0 Å². The standard InChI is InChI=1S/C25H24N2/c26-19-21-13-11-20(12-14-21)7-3-1-2-4-8-22-17-23-9-5-15-27-16-6-10-24(18-22)25(23)27/h1-4,7-8,11-14,17-18H,5-6,9-10,15-16H2/b2-1+,7-3+,8-4+. The third-order valence-electron chi connectivity index (χ3n) is 5.31. The topological polar surface area (TPSA) is 27.0 Å². The van der Waals surface area contributed by atoms with Crippen LogP contribution in [0.5, 0.6) is 0 Å². The van der Waals surface area contributed by atoms with Crippen molar-refractivity contribution in [1.82, 2.24) is 0 Å². The molecule has 27 heavy (non-hydrogen) atoms. The van der Waals surface area contributed by atoms with E-state index in [-0.39, 0.29) is 0 Å². The molecule has 0 atom stereocenters. The van der Waals surface area contributed by atoms with Gasteiger partial charge >= 0.3 is 0 Å². The number of hydrogen-bond donors (Lipinski definition) is 0. The average Bonchev–Trinajstić information content (AvgIpc) is 2.71. The van der Waals surface area contributed by atoms with Crippen LogP contribution in [-0.4, -0.2) is 13.1 Å². The van der Waals surface area contributed by atoms with Crippen LogP contribution in [0.1, 0.15) is 40.7 Å². The van der Waals surface area contributed by atoms with Crippen LogP contribution in [0.4, 0.5) is 5.69 Å². The second-order valence-electron chi connectivity index (χ2n) is 7.22. The predicted octanol–water partition coefficient (Wildman–Crippen LogP) is 5.54. The summed E-state index contributed by atoms with van der Waals surface area (Å²) in [5.74, 6) is 0. The molecule has 0 radical (unpaired) electrons. The Morgan fingerprint density at radius 3 is 1.96 bits per heavy atom. The van der Waals surface area contributed by atoms with Crippen LogP contribution in [0.15, 0.2) is 60.7 Å². The monoisotopic (exact) mass is 352 g/mol. The molecular weight excluding hydrogens is 328 g/mol. The lowest BCUT2D eigenvalue weighted by Crippen LogP contribution is -2.34. The van der Waals surface area contributed by atoms with Crippen molar-refractivity contribution in [3.63, 3.8) is 0 Å². The van der Waals surface area contributed by atoms with Crippen LogP contribution < -0.4 is 4.90 Å². The van der Waals surface area contributed by atoms with Gasteiger partial charge in [-0.25, -0.2) is 0 Å². The second-order valence-corrected chi connectivity index (χ2v) is 7.22. The predicted molar refractivity (Wildman–Crippen MR) is 114 cm³/mol. The summed E-state index contributed by atoms with van der Waals surface area (Å²) in [5.41, 5.74) is 7.70. The molecule has 0 saturated carbocycles. The lowest BCUT2D eigenvalue weighted by Gasteiger charge is -2.37. The van der Waals surface area contributed by atoms with E-state index in [1.165, 1.54) is 61.2 Å². The molecule has 2 nitrogen and oxygen atoms in total. The zero-order chi connectivity index (χ0) is 18.5. The minimum atomic E-state index is 0.692. The highest BCUT2D eigenvalue weighted by molar-refractivity contribution is 5.68. The zero-order valence-corrected chi connectivity index (χ0v) is 15.6. The third kappa shape index (κ3) is 4.04. The lowest BCUT2D eigenvalue weighted by molar-refractivity contribution is 0.634. The third-order valence-corrected chi connectivity index (χ3v) is 5.31. The summed E-state index contributed by atoms with van der Waals surface area (Å²) in [6.45, 7) is 2.45. The summed E-state index contributed by atoms with van der Waals surface area (Å²) in [5, 5.41) is 8.82. The maximum atomic E-state index is 8.82. The van der Waals surface area contributed by atoms with Crippen molar-refractivity contribution in [3.05, 3.63) is 88.5 Å². The molecule has 0 spiro atoms. The molecule has 2 aromatic carbocycles. The second kappa shape index (κ2) is 8.10. The molecule has 4 rings (SSSR count). The van der Waals surface area contributed by atoms with E-state index in [0.29, 0.717) is 5.56 Å². The van der Waals surface area contributed by atoms with Crippen molar-refractivity contribution in [2.45, 2.75) is 25.7 Å². The molecule has 0 N–H and O–H groups in total. The zero-order valence-electron chi connectivity index (χ0n) is 15.6. The molecule has 2 heterocycles. The molecule has 0 fully saturated rings. The maximum Gasteiger partial charge on any atom is 0.0991 e. The van der Waals surface area contributed by atoms with E-state index in [0.717, 1.165) is 5.56 Å². The smallest absolute Gasteiger partial charge is 0.0991 e. The molecule has 0 saturated heterocycles. The Balaban J connectivity index is 1.42. The number of nitrogens with zero attached hydrogens (tertiary/aromatic N) is 2. The van der Waals surface area contributed by atoms with Crippen LogP contribution in [0.25, 0.3) is 12.2 Å². The number of aryl methyl sites for hydroxylation is 2. The van der Waals surface area contributed by atoms with Gasteiger partial charge in [0.25, 0.3) is 0 Å². The fourth-order valence-corrected chi connectivity index (χ4v) is 4.06. The summed E-state index contributed by atoms with van der Waals surface area (Å²) in [6, 6.07) is 14.5. The first-order chi connectivity index (χ1) is 13.3. The molecule has 0 unspecified atom stereocenters. The van der Waals surface area contributed by atoms with E-state index in [2.05, 4.69) is 41.3 Å². The molecule has 0 amide bonds. The first kappa shape index (κ1) is 17.4. The number of anilines is 1. The van der Waals surface area contributed by atoms with Gasteiger partial charge < -0.3 is 4.90 Å². The van der Waals surface area contributed by atoms with Crippen molar-refractivity contribution >= 4 is 17.8 Å². The van der Waals surface area contributed by atoms with Gasteiger partial charge in [0.1, 0.15) is 0 Å². The van der Waals surface area contributed by atoms with Gasteiger partial charge in [-0.15, -0.1) is 0 Å². The van der Waals surface area contributed by atoms with Crippen molar-refractivity contribution in [2.75, 3.05) is 18.0 Å². The Bertz CT molecular complexity index is 908. The lowest BCUT2D eigenvalue weighted by atomic mass is 9.90. The Morgan fingerprint density at radius 2 is 1.37 bits per heavy atom. The highest BCUT2D eigenvalue weighted by atomic mass is 15.1. The van der Waals surface area contributed by atoms with E-state index in [9.17, 15) is 0 Å². The summed E-state index contributed by atoms with van der Waals surface area (Å²) in [4.78, 5) is 2.58. The normalized spacial score (nSPS) is 16.2. The van der Waals surface area contributed by atoms with Crippen molar-refractivity contribution < 1.29 is 0 Å². The van der Waals surface area contributed by atoms with Crippen LogP contribution in [0.2, 0.25) is 0 Å². The number of hydrogen-bond acceptors (Lipinski definition) is 2. The SMILES string of the molecule is N#Cc1ccc(/C=C/C=C/C=C/c2cc3c4c(c2)CCCN4CCC3)cc1. The van der Waals surface area contributed by atoms with Gasteiger partial charge in [-0.2, -0.15) is 5.26 Å². The van der Waals surface area contributed by atoms with Gasteiger partial charge in [0.05, 0.1) is 11.6 Å². The van der Waals surface area contributed by atoms with Crippen molar-refractivity contribution in [2.24, 2.45) is 0 Å². The van der Waals surface area contributed by atoms with Gasteiger partial charge in [0.2, 0.25) is 0 Å². The molecule has 0 bridgehead atoms. The highest BCUT2D eigenvalue weighted by Crippen LogP contribution is 2.36. The summed E-state index contributed by atoms with van der Waals surface area (Å²) in [7, 11) is 0. The number of allylic oxidation sites excluding steroid dienone is 4. The summed E-state index contributed by atoms with van der Waals surface area (Å²) < 4.78 is 0. The van der Waals surface area contributed by atoms with Crippen LogP contribution in [-0.2, 0) is 12.8 Å². The Labute approximate surface area is 161 Å². The van der Waals surface area contributed by atoms with Gasteiger partial charge in [-0.3, -0.25) is 0 Å². The van der Waals surface area contributed by atoms with Gasteiger partial charge in [-0.05, 0) is 72.2 Å². The van der Waals surface area contributed by atoms with E-state index in [1.807, 2.05) is 42.5 Å². The molecule has 0 aliphatic carbocycles. The number of rotatable bonds is 4. The molecule has 2 aliphatic heterocycles. The molecule has 134 valence electrons. The van der Waals surface area contributed by atoms with Gasteiger partial charge in [-0.1, -0.05) is 48.6 Å². The fourth-order valence-electron chi connectivity index (χ4n) is 4.06. The van der Waals surface area contributed by atoms with Gasteiger partial charge in [0, 0.05) is 18.8 Å². The van der Waals surface area contributed by atoms with E-state index >= 15 is 0 Å². The molecule has 2 aliphatic rings. The molecule has 2 heteroatoms. The molecule has 0 aromatic heterocycles. The van der Waals surface area contributed by atoms with E-state index in [1.54, 1.807) is 0 Å². The van der Waals surface area contributed by atoms with E-state index in [4.69, 9.17) is 5.26 Å².